The average molecular weight is 343 g/mol. The Bertz CT molecular complexity index is 822. The molecule has 0 unspecified atom stereocenters. The quantitative estimate of drug-likeness (QED) is 0.813. The summed E-state index contributed by atoms with van der Waals surface area (Å²) in [5.74, 6) is -1.23. The molecule has 1 heterocycles. The topological polar surface area (TPSA) is 88.8 Å². The molecule has 2 N–H and O–H groups in total. The molecule has 0 bridgehead atoms. The maximum absolute atomic E-state index is 12.6. The summed E-state index contributed by atoms with van der Waals surface area (Å²) in [5.41, 5.74) is 0.630. The number of furan rings is 1. The zero-order valence-electron chi connectivity index (χ0n) is 14.2. The minimum absolute atomic E-state index is 0.267. The van der Waals surface area contributed by atoms with Gasteiger partial charge in [0, 0.05) is 5.39 Å². The smallest absolute Gasteiger partial charge is 0.307 e. The molecule has 0 aliphatic heterocycles. The van der Waals surface area contributed by atoms with Crippen LogP contribution in [-0.2, 0) is 9.59 Å². The third-order valence-corrected chi connectivity index (χ3v) is 4.62. The van der Waals surface area contributed by atoms with E-state index in [0.717, 1.165) is 5.39 Å². The monoisotopic (exact) mass is 343 g/mol. The van der Waals surface area contributed by atoms with Gasteiger partial charge in [-0.05, 0) is 31.9 Å². The summed E-state index contributed by atoms with van der Waals surface area (Å²) in [6, 6.07) is 7.08. The van der Waals surface area contributed by atoms with Gasteiger partial charge in [0.15, 0.2) is 11.3 Å². The Balaban J connectivity index is 1.77. The Hall–Kier alpha value is -2.76. The van der Waals surface area contributed by atoms with E-state index in [2.05, 4.69) is 5.32 Å². The number of benzene rings is 1. The molecule has 132 valence electrons. The molecule has 1 aliphatic carbocycles. The zero-order valence-corrected chi connectivity index (χ0v) is 14.2. The summed E-state index contributed by atoms with van der Waals surface area (Å²) in [6.45, 7) is 1.82. The van der Waals surface area contributed by atoms with Crippen LogP contribution in [0, 0.1) is 11.8 Å². The van der Waals surface area contributed by atoms with E-state index in [-0.39, 0.29) is 11.9 Å². The number of carbonyl (C=O) groups excluding carboxylic acids is 1. The lowest BCUT2D eigenvalue weighted by atomic mass is 9.82. The Morgan fingerprint density at radius 3 is 2.68 bits per heavy atom. The van der Waals surface area contributed by atoms with Crippen molar-refractivity contribution in [3.8, 4) is 5.75 Å². The summed E-state index contributed by atoms with van der Waals surface area (Å²) in [5, 5.41) is 13.1. The van der Waals surface area contributed by atoms with Gasteiger partial charge in [-0.25, -0.2) is 0 Å². The average Bonchev–Trinajstić information content (AvgIpc) is 3.06. The second-order valence-corrected chi connectivity index (χ2v) is 6.25. The number of amides is 1. The fourth-order valence-electron chi connectivity index (χ4n) is 3.20. The van der Waals surface area contributed by atoms with E-state index >= 15 is 0 Å². The fourth-order valence-corrected chi connectivity index (χ4v) is 3.20. The molecular weight excluding hydrogens is 322 g/mol. The van der Waals surface area contributed by atoms with Crippen LogP contribution >= 0.6 is 0 Å². The maximum Gasteiger partial charge on any atom is 0.307 e. The third-order valence-electron chi connectivity index (χ3n) is 4.62. The van der Waals surface area contributed by atoms with Crippen molar-refractivity contribution in [2.75, 3.05) is 7.11 Å². The highest BCUT2D eigenvalue weighted by Gasteiger charge is 2.34. The number of methoxy groups -OCH3 is 1. The summed E-state index contributed by atoms with van der Waals surface area (Å²) in [6.07, 6.45) is 4.49. The van der Waals surface area contributed by atoms with Crippen molar-refractivity contribution in [1.82, 2.24) is 5.32 Å². The number of carboxylic acids is 1. The minimum Gasteiger partial charge on any atom is -0.493 e. The molecule has 0 saturated heterocycles. The predicted octanol–water partition coefficient (Wildman–Crippen LogP) is 3.29. The predicted molar refractivity (Wildman–Crippen MR) is 92.3 cm³/mol. The zero-order chi connectivity index (χ0) is 18.0. The molecule has 3 atom stereocenters. The highest BCUT2D eigenvalue weighted by atomic mass is 16.5. The lowest BCUT2D eigenvalue weighted by molar-refractivity contribution is -0.147. The van der Waals surface area contributed by atoms with Crippen LogP contribution in [0.15, 0.2) is 40.8 Å². The van der Waals surface area contributed by atoms with Gasteiger partial charge in [0.2, 0.25) is 5.91 Å². The highest BCUT2D eigenvalue weighted by Crippen LogP contribution is 2.32. The van der Waals surface area contributed by atoms with Gasteiger partial charge in [0.25, 0.3) is 0 Å². The Morgan fingerprint density at radius 2 is 2.00 bits per heavy atom. The summed E-state index contributed by atoms with van der Waals surface area (Å²) >= 11 is 0. The van der Waals surface area contributed by atoms with Gasteiger partial charge in [-0.1, -0.05) is 24.3 Å². The van der Waals surface area contributed by atoms with E-state index in [1.807, 2.05) is 43.3 Å². The summed E-state index contributed by atoms with van der Waals surface area (Å²) in [4.78, 5) is 23.9. The molecule has 1 aromatic carbocycles. The maximum atomic E-state index is 12.6. The first-order chi connectivity index (χ1) is 12.0. The van der Waals surface area contributed by atoms with Crippen molar-refractivity contribution >= 4 is 22.8 Å². The standard InChI is InChI=1S/C19H21NO5/c1-11(16-10-12-6-5-9-15(24-2)17(12)25-16)20-18(21)13-7-3-4-8-14(13)19(22)23/h3-6,9-11,13-14H,7-8H2,1-2H3,(H,20,21)(H,22,23)/t11-,13-,14-/m0/s1. The van der Waals surface area contributed by atoms with Crippen molar-refractivity contribution in [2.24, 2.45) is 11.8 Å². The molecule has 1 aliphatic rings. The molecule has 1 amide bonds. The number of fused-ring (bicyclic) bond motifs is 1. The van der Waals surface area contributed by atoms with Gasteiger partial charge in [-0.15, -0.1) is 0 Å². The normalized spacial score (nSPS) is 21.0. The third kappa shape index (κ3) is 3.38. The SMILES string of the molecule is COc1cccc2cc([C@H](C)NC(=O)[C@H]3CC=CC[C@@H]3C(=O)O)oc12. The van der Waals surface area contributed by atoms with Crippen LogP contribution in [0.3, 0.4) is 0 Å². The summed E-state index contributed by atoms with van der Waals surface area (Å²) < 4.78 is 11.1. The van der Waals surface area contributed by atoms with Gasteiger partial charge in [-0.3, -0.25) is 9.59 Å². The van der Waals surface area contributed by atoms with E-state index in [0.29, 0.717) is 29.9 Å². The van der Waals surface area contributed by atoms with Crippen LogP contribution in [0.25, 0.3) is 11.0 Å². The Labute approximate surface area is 145 Å². The van der Waals surface area contributed by atoms with Crippen LogP contribution in [0.2, 0.25) is 0 Å². The number of ether oxygens (including phenoxy) is 1. The Kier molecular flexibility index (Phi) is 4.79. The number of carbonyl (C=O) groups is 2. The molecule has 0 spiro atoms. The van der Waals surface area contributed by atoms with Gasteiger partial charge in [-0.2, -0.15) is 0 Å². The van der Waals surface area contributed by atoms with Gasteiger partial charge in [0.05, 0.1) is 25.0 Å². The first kappa shape index (κ1) is 17.1. The number of nitrogens with one attached hydrogen (secondary N) is 1. The van der Waals surface area contributed by atoms with E-state index in [4.69, 9.17) is 9.15 Å². The van der Waals surface area contributed by atoms with Crippen molar-refractivity contribution < 1.29 is 23.8 Å². The second-order valence-electron chi connectivity index (χ2n) is 6.25. The van der Waals surface area contributed by atoms with Crippen LogP contribution in [0.4, 0.5) is 0 Å². The van der Waals surface area contributed by atoms with Crippen molar-refractivity contribution in [2.45, 2.75) is 25.8 Å². The summed E-state index contributed by atoms with van der Waals surface area (Å²) in [7, 11) is 1.57. The van der Waals surface area contributed by atoms with E-state index < -0.39 is 17.8 Å². The molecule has 0 radical (unpaired) electrons. The van der Waals surface area contributed by atoms with Crippen LogP contribution in [0.1, 0.15) is 31.6 Å². The van der Waals surface area contributed by atoms with E-state index in [9.17, 15) is 14.7 Å². The van der Waals surface area contributed by atoms with E-state index in [1.54, 1.807) is 7.11 Å². The first-order valence-electron chi connectivity index (χ1n) is 8.26. The fraction of sp³-hybridized carbons (Fsp3) is 0.368. The number of rotatable bonds is 5. The Morgan fingerprint density at radius 1 is 1.28 bits per heavy atom. The number of hydrogen-bond donors (Lipinski definition) is 2. The second kappa shape index (κ2) is 7.01. The minimum atomic E-state index is -0.939. The molecule has 25 heavy (non-hydrogen) atoms. The lowest BCUT2D eigenvalue weighted by Crippen LogP contribution is -2.39. The van der Waals surface area contributed by atoms with Crippen LogP contribution in [-0.4, -0.2) is 24.1 Å². The van der Waals surface area contributed by atoms with Gasteiger partial charge < -0.3 is 19.6 Å². The molecule has 6 nitrogen and oxygen atoms in total. The number of para-hydroxylation sites is 1. The number of hydrogen-bond acceptors (Lipinski definition) is 4. The molecule has 1 aromatic heterocycles. The lowest BCUT2D eigenvalue weighted by Gasteiger charge is -2.25. The molecule has 3 rings (SSSR count). The largest absolute Gasteiger partial charge is 0.493 e. The molecule has 6 heteroatoms. The van der Waals surface area contributed by atoms with Gasteiger partial charge in [0.1, 0.15) is 5.76 Å². The molecule has 0 fully saturated rings. The van der Waals surface area contributed by atoms with E-state index in [1.165, 1.54) is 0 Å². The van der Waals surface area contributed by atoms with Crippen LogP contribution < -0.4 is 10.1 Å². The number of carboxylic acid groups (broad SMARTS) is 1. The van der Waals surface area contributed by atoms with Crippen molar-refractivity contribution in [3.05, 3.63) is 42.2 Å². The van der Waals surface area contributed by atoms with Gasteiger partial charge >= 0.3 is 5.97 Å². The molecule has 0 saturated carbocycles. The van der Waals surface area contributed by atoms with Crippen LogP contribution in [0.5, 0.6) is 5.75 Å². The number of allylic oxidation sites excluding steroid dienone is 2. The van der Waals surface area contributed by atoms with Crippen molar-refractivity contribution in [1.29, 1.82) is 0 Å². The molecular formula is C19H21NO5. The molecule has 2 aromatic rings. The first-order valence-corrected chi connectivity index (χ1v) is 8.26. The van der Waals surface area contributed by atoms with Crippen molar-refractivity contribution in [3.63, 3.8) is 0 Å². The number of aliphatic carboxylic acids is 1. The highest BCUT2D eigenvalue weighted by molar-refractivity contribution is 5.86.